The zero-order chi connectivity index (χ0) is 24.4. The molecule has 1 amide bonds. The number of amides is 1. The van der Waals surface area contributed by atoms with Crippen LogP contribution in [-0.4, -0.2) is 51.5 Å². The molecule has 8 nitrogen and oxygen atoms in total. The number of aromatic nitrogens is 3. The van der Waals surface area contributed by atoms with E-state index in [1.54, 1.807) is 18.3 Å². The van der Waals surface area contributed by atoms with Crippen LogP contribution in [0.4, 0.5) is 11.6 Å². The van der Waals surface area contributed by atoms with Gasteiger partial charge < -0.3 is 24.8 Å². The van der Waals surface area contributed by atoms with E-state index >= 15 is 0 Å². The Labute approximate surface area is 212 Å². The van der Waals surface area contributed by atoms with Gasteiger partial charge in [0.2, 0.25) is 5.95 Å². The van der Waals surface area contributed by atoms with Crippen molar-refractivity contribution in [1.82, 2.24) is 24.8 Å². The molecule has 0 saturated carbocycles. The number of aryl methyl sites for hydroxylation is 1. The predicted octanol–water partition coefficient (Wildman–Crippen LogP) is 5.09. The number of halogens is 1. The summed E-state index contributed by atoms with van der Waals surface area (Å²) in [4.78, 5) is 24.0. The highest BCUT2D eigenvalue weighted by molar-refractivity contribution is 9.10. The molecule has 5 rings (SSSR count). The molecule has 0 unspecified atom stereocenters. The molecule has 0 bridgehead atoms. The van der Waals surface area contributed by atoms with E-state index in [-0.39, 0.29) is 11.9 Å². The molecule has 1 aliphatic heterocycles. The van der Waals surface area contributed by atoms with Crippen molar-refractivity contribution < 1.29 is 9.53 Å². The number of nitrogens with zero attached hydrogens (tertiary/aromatic N) is 4. The van der Waals surface area contributed by atoms with Crippen LogP contribution < -0.4 is 15.4 Å². The Balaban J connectivity index is 1.29. The highest BCUT2D eigenvalue weighted by atomic mass is 79.9. The SMILES string of the molecule is CN1CCC(NC(=O)c2cc(Oc3ccc4c(c3)nc(Nc3ccc(Br)cc3)n4C)ccn2)CC1. The van der Waals surface area contributed by atoms with Gasteiger partial charge >= 0.3 is 0 Å². The van der Waals surface area contributed by atoms with Gasteiger partial charge in [-0.3, -0.25) is 9.78 Å². The van der Waals surface area contributed by atoms with E-state index in [9.17, 15) is 4.79 Å². The van der Waals surface area contributed by atoms with E-state index in [0.717, 1.165) is 53.1 Å². The van der Waals surface area contributed by atoms with Crippen molar-refractivity contribution in [2.45, 2.75) is 18.9 Å². The molecule has 0 spiro atoms. The van der Waals surface area contributed by atoms with Gasteiger partial charge in [0.1, 0.15) is 17.2 Å². The number of carbonyl (C=O) groups is 1. The Morgan fingerprint density at radius 1 is 1.03 bits per heavy atom. The summed E-state index contributed by atoms with van der Waals surface area (Å²) in [5.41, 5.74) is 3.08. The highest BCUT2D eigenvalue weighted by Crippen LogP contribution is 2.28. The molecule has 35 heavy (non-hydrogen) atoms. The molecule has 1 fully saturated rings. The van der Waals surface area contributed by atoms with E-state index in [4.69, 9.17) is 9.72 Å². The number of fused-ring (bicyclic) bond motifs is 1. The van der Waals surface area contributed by atoms with Crippen LogP contribution in [-0.2, 0) is 7.05 Å². The molecule has 0 aliphatic carbocycles. The minimum atomic E-state index is -0.172. The predicted molar refractivity (Wildman–Crippen MR) is 140 cm³/mol. The molecular weight excluding hydrogens is 508 g/mol. The van der Waals surface area contributed by atoms with Crippen LogP contribution in [0.3, 0.4) is 0 Å². The number of nitrogens with one attached hydrogen (secondary N) is 2. The van der Waals surface area contributed by atoms with Gasteiger partial charge in [-0.1, -0.05) is 15.9 Å². The molecule has 4 aromatic rings. The van der Waals surface area contributed by atoms with Crippen LogP contribution >= 0.6 is 15.9 Å². The van der Waals surface area contributed by atoms with Crippen molar-refractivity contribution in [3.8, 4) is 11.5 Å². The number of hydrogen-bond acceptors (Lipinski definition) is 6. The zero-order valence-corrected chi connectivity index (χ0v) is 21.2. The van der Waals surface area contributed by atoms with Gasteiger partial charge in [0.15, 0.2) is 0 Å². The number of piperidine rings is 1. The largest absolute Gasteiger partial charge is 0.457 e. The fourth-order valence-corrected chi connectivity index (χ4v) is 4.43. The lowest BCUT2D eigenvalue weighted by molar-refractivity contribution is 0.0911. The number of anilines is 2. The van der Waals surface area contributed by atoms with E-state index in [1.165, 1.54) is 0 Å². The molecule has 2 N–H and O–H groups in total. The summed E-state index contributed by atoms with van der Waals surface area (Å²) >= 11 is 3.45. The molecule has 1 aliphatic rings. The van der Waals surface area contributed by atoms with Crippen LogP contribution in [0.15, 0.2) is 65.3 Å². The van der Waals surface area contributed by atoms with Gasteiger partial charge in [0.05, 0.1) is 11.0 Å². The van der Waals surface area contributed by atoms with Crippen LogP contribution in [0.2, 0.25) is 0 Å². The second-order valence-electron chi connectivity index (χ2n) is 8.81. The number of benzene rings is 2. The lowest BCUT2D eigenvalue weighted by Crippen LogP contribution is -2.43. The molecule has 2 aromatic heterocycles. The lowest BCUT2D eigenvalue weighted by Gasteiger charge is -2.29. The number of ether oxygens (including phenoxy) is 1. The van der Waals surface area contributed by atoms with Gasteiger partial charge in [0, 0.05) is 41.6 Å². The van der Waals surface area contributed by atoms with E-state index in [0.29, 0.717) is 17.2 Å². The second kappa shape index (κ2) is 10.1. The fourth-order valence-electron chi connectivity index (χ4n) is 4.16. The number of rotatable bonds is 6. The highest BCUT2D eigenvalue weighted by Gasteiger charge is 2.20. The molecular formula is C26H27BrN6O2. The van der Waals surface area contributed by atoms with Crippen molar-refractivity contribution in [3.05, 3.63) is 71.0 Å². The Kier molecular flexibility index (Phi) is 6.70. The third-order valence-electron chi connectivity index (χ3n) is 6.21. The quantitative estimate of drug-likeness (QED) is 0.358. The third kappa shape index (κ3) is 5.47. The molecule has 180 valence electrons. The third-order valence-corrected chi connectivity index (χ3v) is 6.73. The Morgan fingerprint density at radius 3 is 2.54 bits per heavy atom. The monoisotopic (exact) mass is 534 g/mol. The minimum Gasteiger partial charge on any atom is -0.457 e. The van der Waals surface area contributed by atoms with Crippen molar-refractivity contribution >= 4 is 44.5 Å². The first kappa shape index (κ1) is 23.3. The van der Waals surface area contributed by atoms with E-state index in [2.05, 4.69) is 43.5 Å². The summed E-state index contributed by atoms with van der Waals surface area (Å²) in [6.45, 7) is 1.97. The van der Waals surface area contributed by atoms with Crippen LogP contribution in [0.25, 0.3) is 11.0 Å². The maximum absolute atomic E-state index is 12.7. The lowest BCUT2D eigenvalue weighted by atomic mass is 10.1. The second-order valence-corrected chi connectivity index (χ2v) is 9.72. The molecule has 2 aromatic carbocycles. The average molecular weight is 535 g/mol. The van der Waals surface area contributed by atoms with Gasteiger partial charge in [0.25, 0.3) is 5.91 Å². The maximum atomic E-state index is 12.7. The smallest absolute Gasteiger partial charge is 0.270 e. The Hall–Kier alpha value is -3.43. The normalized spacial score (nSPS) is 14.7. The van der Waals surface area contributed by atoms with E-state index < -0.39 is 0 Å². The van der Waals surface area contributed by atoms with Gasteiger partial charge in [-0.15, -0.1) is 0 Å². The standard InChI is InChI=1S/C26H27BrN6O2/c1-32-13-10-19(11-14-32)29-25(34)23-16-21(9-12-28-23)35-20-7-8-24-22(15-20)31-26(33(24)2)30-18-5-3-17(27)4-6-18/h3-9,12,15-16,19H,10-11,13-14H2,1-2H3,(H,29,34)(H,30,31). The molecule has 1 saturated heterocycles. The summed E-state index contributed by atoms with van der Waals surface area (Å²) in [6.07, 6.45) is 3.49. The number of hydrogen-bond donors (Lipinski definition) is 2. The minimum absolute atomic E-state index is 0.172. The van der Waals surface area contributed by atoms with Crippen molar-refractivity contribution in [2.24, 2.45) is 7.05 Å². The number of imidazole rings is 1. The number of carbonyl (C=O) groups excluding carboxylic acids is 1. The molecule has 0 radical (unpaired) electrons. The van der Waals surface area contributed by atoms with Crippen LogP contribution in [0.5, 0.6) is 11.5 Å². The molecule has 3 heterocycles. The summed E-state index contributed by atoms with van der Waals surface area (Å²) in [5.74, 6) is 1.75. The topological polar surface area (TPSA) is 84.3 Å². The van der Waals surface area contributed by atoms with Gasteiger partial charge in [-0.2, -0.15) is 0 Å². The maximum Gasteiger partial charge on any atom is 0.270 e. The summed E-state index contributed by atoms with van der Waals surface area (Å²) in [6, 6.07) is 17.3. The average Bonchev–Trinajstić information content (AvgIpc) is 3.16. The zero-order valence-electron chi connectivity index (χ0n) is 19.7. The van der Waals surface area contributed by atoms with Crippen molar-refractivity contribution in [3.63, 3.8) is 0 Å². The van der Waals surface area contributed by atoms with Crippen molar-refractivity contribution in [1.29, 1.82) is 0 Å². The van der Waals surface area contributed by atoms with Crippen LogP contribution in [0, 0.1) is 0 Å². The molecule has 9 heteroatoms. The summed E-state index contributed by atoms with van der Waals surface area (Å²) in [5, 5.41) is 6.45. The molecule has 0 atom stereocenters. The Morgan fingerprint density at radius 2 is 1.77 bits per heavy atom. The van der Waals surface area contributed by atoms with Gasteiger partial charge in [-0.05, 0) is 75.4 Å². The van der Waals surface area contributed by atoms with Crippen LogP contribution in [0.1, 0.15) is 23.3 Å². The summed E-state index contributed by atoms with van der Waals surface area (Å²) in [7, 11) is 4.07. The van der Waals surface area contributed by atoms with Crippen molar-refractivity contribution in [2.75, 3.05) is 25.5 Å². The first-order valence-electron chi connectivity index (χ1n) is 11.6. The fraction of sp³-hybridized carbons (Fsp3) is 0.269. The Bertz CT molecular complexity index is 1350. The summed E-state index contributed by atoms with van der Waals surface area (Å²) < 4.78 is 9.08. The number of likely N-dealkylation sites (tertiary alicyclic amines) is 1. The first-order chi connectivity index (χ1) is 16.9. The van der Waals surface area contributed by atoms with E-state index in [1.807, 2.05) is 54.1 Å². The van der Waals surface area contributed by atoms with Gasteiger partial charge in [-0.25, -0.2) is 4.98 Å². The number of pyridine rings is 1. The first-order valence-corrected chi connectivity index (χ1v) is 12.4.